The topological polar surface area (TPSA) is 68.6 Å². The number of carbonyl (C=O) groups is 1. The Morgan fingerprint density at radius 1 is 1.42 bits per heavy atom. The number of hydrogen-bond acceptors (Lipinski definition) is 5. The molecule has 1 amide bonds. The summed E-state index contributed by atoms with van der Waals surface area (Å²) >= 11 is 0. The predicted molar refractivity (Wildman–Crippen MR) is 104 cm³/mol. The maximum Gasteiger partial charge on any atom is 0.231 e. The number of halogens is 2. The van der Waals surface area contributed by atoms with Crippen LogP contribution in [0.15, 0.2) is 12.4 Å². The largest absolute Gasteiger partial charge is 0.384 e. The van der Waals surface area contributed by atoms with Crippen LogP contribution in [-0.4, -0.2) is 73.2 Å². The van der Waals surface area contributed by atoms with E-state index in [2.05, 4.69) is 10.4 Å². The Labute approximate surface area is 167 Å². The van der Waals surface area contributed by atoms with Gasteiger partial charge in [-0.1, -0.05) is 0 Å². The quantitative estimate of drug-likeness (QED) is 0.794. The van der Waals surface area contributed by atoms with E-state index in [-0.39, 0.29) is 42.2 Å². The summed E-state index contributed by atoms with van der Waals surface area (Å²) in [6, 6.07) is 0. The third-order valence-electron chi connectivity index (χ3n) is 5.01. The summed E-state index contributed by atoms with van der Waals surface area (Å²) in [6.45, 7) is 6.79. The number of aromatic nitrogens is 2. The molecule has 0 saturated carbocycles. The molecule has 3 rings (SSSR count). The van der Waals surface area contributed by atoms with Crippen molar-refractivity contribution in [2.24, 2.45) is 5.41 Å². The van der Waals surface area contributed by atoms with Crippen LogP contribution < -0.4 is 5.32 Å². The molecule has 2 aliphatic rings. The van der Waals surface area contributed by atoms with E-state index in [0.717, 1.165) is 31.5 Å². The summed E-state index contributed by atoms with van der Waals surface area (Å²) < 4.78 is 13.1. The van der Waals surface area contributed by atoms with Crippen molar-refractivity contribution >= 4 is 30.7 Å². The van der Waals surface area contributed by atoms with E-state index in [9.17, 15) is 4.79 Å². The van der Waals surface area contributed by atoms with Gasteiger partial charge >= 0.3 is 0 Å². The highest BCUT2D eigenvalue weighted by molar-refractivity contribution is 5.85. The lowest BCUT2D eigenvalue weighted by Crippen LogP contribution is -2.56. The summed E-state index contributed by atoms with van der Waals surface area (Å²) in [5.41, 5.74) is 0.747. The van der Waals surface area contributed by atoms with Crippen LogP contribution in [0.5, 0.6) is 0 Å². The van der Waals surface area contributed by atoms with Crippen molar-refractivity contribution in [3.63, 3.8) is 0 Å². The summed E-state index contributed by atoms with van der Waals surface area (Å²) in [4.78, 5) is 15.2. The van der Waals surface area contributed by atoms with E-state index in [1.165, 1.54) is 0 Å². The Hall–Kier alpha value is -0.860. The Kier molecular flexibility index (Phi) is 9.33. The van der Waals surface area contributed by atoms with Crippen LogP contribution in [-0.2, 0) is 20.8 Å². The molecule has 0 radical (unpaired) electrons. The molecule has 0 bridgehead atoms. The van der Waals surface area contributed by atoms with Crippen LogP contribution in [0.2, 0.25) is 0 Å². The van der Waals surface area contributed by atoms with Gasteiger partial charge in [-0.2, -0.15) is 5.10 Å². The van der Waals surface area contributed by atoms with Gasteiger partial charge < -0.3 is 19.7 Å². The van der Waals surface area contributed by atoms with Crippen molar-refractivity contribution in [2.75, 3.05) is 46.5 Å². The van der Waals surface area contributed by atoms with Crippen molar-refractivity contribution < 1.29 is 14.3 Å². The van der Waals surface area contributed by atoms with E-state index in [1.807, 2.05) is 28.9 Å². The Balaban J connectivity index is 0.00000169. The highest BCUT2D eigenvalue weighted by atomic mass is 35.5. The molecule has 2 saturated heterocycles. The van der Waals surface area contributed by atoms with Gasteiger partial charge in [0.1, 0.15) is 0 Å². The van der Waals surface area contributed by atoms with Gasteiger partial charge in [0, 0.05) is 26.4 Å². The lowest BCUT2D eigenvalue weighted by atomic mass is 9.78. The number of morpholine rings is 1. The van der Waals surface area contributed by atoms with Gasteiger partial charge in [0.2, 0.25) is 5.91 Å². The number of nitrogens with zero attached hydrogens (tertiary/aromatic N) is 3. The minimum absolute atomic E-state index is 0. The fourth-order valence-corrected chi connectivity index (χ4v) is 3.73. The first-order valence-corrected chi connectivity index (χ1v) is 8.73. The number of hydrogen-bond donors (Lipinski definition) is 1. The van der Waals surface area contributed by atoms with Crippen molar-refractivity contribution in [3.05, 3.63) is 18.0 Å². The molecular formula is C17H30Cl2N4O3. The molecule has 0 aliphatic carbocycles. The fourth-order valence-electron chi connectivity index (χ4n) is 3.73. The third-order valence-corrected chi connectivity index (χ3v) is 5.01. The summed E-state index contributed by atoms with van der Waals surface area (Å²) in [6.07, 6.45) is 5.50. The summed E-state index contributed by atoms with van der Waals surface area (Å²) in [5.74, 6) is 0.218. The molecule has 1 unspecified atom stereocenters. The van der Waals surface area contributed by atoms with E-state index in [1.54, 1.807) is 7.11 Å². The maximum atomic E-state index is 13.2. The number of nitrogens with one attached hydrogen (secondary N) is 1. The first kappa shape index (κ1) is 23.2. The normalized spacial score (nSPS) is 22.2. The smallest absolute Gasteiger partial charge is 0.231 e. The molecule has 150 valence electrons. The van der Waals surface area contributed by atoms with E-state index in [0.29, 0.717) is 32.8 Å². The average Bonchev–Trinajstić information content (AvgIpc) is 3.00. The van der Waals surface area contributed by atoms with Crippen LogP contribution in [0.3, 0.4) is 0 Å². The molecule has 1 aromatic rings. The fraction of sp³-hybridized carbons (Fsp3) is 0.765. The lowest BCUT2D eigenvalue weighted by molar-refractivity contribution is -0.155. The van der Waals surface area contributed by atoms with Gasteiger partial charge in [-0.05, 0) is 38.4 Å². The summed E-state index contributed by atoms with van der Waals surface area (Å²) in [5, 5.41) is 7.65. The number of amides is 1. The van der Waals surface area contributed by atoms with Crippen molar-refractivity contribution in [2.45, 2.75) is 32.4 Å². The number of piperidine rings is 1. The van der Waals surface area contributed by atoms with Crippen molar-refractivity contribution in [3.8, 4) is 0 Å². The molecule has 3 heterocycles. The molecule has 1 atom stereocenters. The standard InChI is InChI=1S/C17H28N4O3.2ClH/c1-14-9-19-21(10-14)12-15-11-20(7-8-24-15)16(22)17(13-23-2)3-5-18-6-4-17;;/h9-10,15,18H,3-8,11-13H2,1-2H3;2*1H. The molecule has 26 heavy (non-hydrogen) atoms. The SMILES string of the molecule is COCC1(C(=O)N2CCOC(Cn3cc(C)cn3)C2)CCNCC1.Cl.Cl. The van der Waals surface area contributed by atoms with E-state index >= 15 is 0 Å². The molecule has 9 heteroatoms. The van der Waals surface area contributed by atoms with Gasteiger partial charge in [-0.25, -0.2) is 0 Å². The lowest BCUT2D eigenvalue weighted by Gasteiger charge is -2.42. The zero-order valence-corrected chi connectivity index (χ0v) is 17.1. The number of rotatable bonds is 5. The number of methoxy groups -OCH3 is 1. The maximum absolute atomic E-state index is 13.2. The highest BCUT2D eigenvalue weighted by Crippen LogP contribution is 2.32. The van der Waals surface area contributed by atoms with Crippen LogP contribution in [0.4, 0.5) is 0 Å². The number of carbonyl (C=O) groups excluding carboxylic acids is 1. The van der Waals surface area contributed by atoms with Gasteiger partial charge in [0.15, 0.2) is 0 Å². The molecule has 0 aromatic carbocycles. The zero-order chi connectivity index (χ0) is 17.0. The van der Waals surface area contributed by atoms with E-state index < -0.39 is 0 Å². The predicted octanol–water partition coefficient (Wildman–Crippen LogP) is 1.28. The first-order chi connectivity index (χ1) is 11.6. The second-order valence-corrected chi connectivity index (χ2v) is 6.95. The molecule has 7 nitrogen and oxygen atoms in total. The average molecular weight is 409 g/mol. The monoisotopic (exact) mass is 408 g/mol. The molecule has 2 aliphatic heterocycles. The third kappa shape index (κ3) is 5.33. The number of aryl methyl sites for hydroxylation is 1. The molecule has 0 spiro atoms. The number of ether oxygens (including phenoxy) is 2. The van der Waals surface area contributed by atoms with Gasteiger partial charge in [0.25, 0.3) is 0 Å². The van der Waals surface area contributed by atoms with Crippen molar-refractivity contribution in [1.29, 1.82) is 0 Å². The van der Waals surface area contributed by atoms with E-state index in [4.69, 9.17) is 9.47 Å². The molecule has 1 N–H and O–H groups in total. The minimum Gasteiger partial charge on any atom is -0.384 e. The Bertz CT molecular complexity index is 558. The van der Waals surface area contributed by atoms with Gasteiger partial charge in [-0.3, -0.25) is 9.48 Å². The van der Waals surface area contributed by atoms with Crippen molar-refractivity contribution in [1.82, 2.24) is 20.0 Å². The molecular weight excluding hydrogens is 379 g/mol. The Morgan fingerprint density at radius 2 is 2.15 bits per heavy atom. The second-order valence-electron chi connectivity index (χ2n) is 6.95. The molecule has 2 fully saturated rings. The van der Waals surface area contributed by atoms with Gasteiger partial charge in [0.05, 0.1) is 37.5 Å². The van der Waals surface area contributed by atoms with Crippen LogP contribution in [0.1, 0.15) is 18.4 Å². The highest BCUT2D eigenvalue weighted by Gasteiger charge is 2.43. The molecule has 1 aromatic heterocycles. The minimum atomic E-state index is -0.385. The first-order valence-electron chi connectivity index (χ1n) is 8.73. The van der Waals surface area contributed by atoms with Gasteiger partial charge in [-0.15, -0.1) is 24.8 Å². The summed E-state index contributed by atoms with van der Waals surface area (Å²) in [7, 11) is 1.68. The van der Waals surface area contributed by atoms with Crippen LogP contribution in [0, 0.1) is 12.3 Å². The Morgan fingerprint density at radius 3 is 2.77 bits per heavy atom. The second kappa shape index (κ2) is 10.5. The van der Waals surface area contributed by atoms with Crippen LogP contribution >= 0.6 is 24.8 Å². The zero-order valence-electron chi connectivity index (χ0n) is 15.5. The van der Waals surface area contributed by atoms with Crippen LogP contribution in [0.25, 0.3) is 0 Å².